The van der Waals surface area contributed by atoms with Crippen LogP contribution < -0.4 is 15.4 Å². The van der Waals surface area contributed by atoms with Crippen LogP contribution in [-0.4, -0.2) is 18.4 Å². The molecule has 0 spiro atoms. The Labute approximate surface area is 145 Å². The molecule has 5 nitrogen and oxygen atoms in total. The zero-order chi connectivity index (χ0) is 17.6. The second-order valence-corrected chi connectivity index (χ2v) is 5.88. The van der Waals surface area contributed by atoms with E-state index in [1.54, 1.807) is 24.3 Å². The number of aryl methyl sites for hydroxylation is 1. The van der Waals surface area contributed by atoms with Gasteiger partial charge in [-0.2, -0.15) is 0 Å². The first kappa shape index (κ1) is 17.0. The fraction of sp³-hybridized carbons (Fsp3) is 0.263. The first-order valence-electron chi connectivity index (χ1n) is 8.17. The molecule has 0 unspecified atom stereocenters. The van der Waals surface area contributed by atoms with E-state index in [2.05, 4.69) is 10.6 Å². The van der Waals surface area contributed by atoms with Crippen LogP contribution in [0.3, 0.4) is 0 Å². The number of amides is 2. The molecule has 2 aromatic carbocycles. The molecular formula is C19H19FN2O3. The highest BCUT2D eigenvalue weighted by atomic mass is 19.1. The summed E-state index contributed by atoms with van der Waals surface area (Å²) >= 11 is 0. The Morgan fingerprint density at radius 1 is 1.20 bits per heavy atom. The number of nitrogens with one attached hydrogen (secondary N) is 2. The molecule has 2 aromatic rings. The molecule has 2 N–H and O–H groups in total. The summed E-state index contributed by atoms with van der Waals surface area (Å²) in [6, 6.07) is 11.7. The topological polar surface area (TPSA) is 67.4 Å². The van der Waals surface area contributed by atoms with Gasteiger partial charge in [0.25, 0.3) is 0 Å². The van der Waals surface area contributed by atoms with E-state index in [-0.39, 0.29) is 24.1 Å². The number of anilines is 1. The summed E-state index contributed by atoms with van der Waals surface area (Å²) in [5.41, 5.74) is 2.28. The smallest absolute Gasteiger partial charge is 0.227 e. The molecule has 6 heteroatoms. The third-order valence-corrected chi connectivity index (χ3v) is 3.92. The summed E-state index contributed by atoms with van der Waals surface area (Å²) in [5.74, 6) is 0.133. The molecule has 0 aliphatic carbocycles. The van der Waals surface area contributed by atoms with Crippen LogP contribution in [0.4, 0.5) is 10.1 Å². The van der Waals surface area contributed by atoms with Gasteiger partial charge in [0.05, 0.1) is 18.7 Å². The number of halogens is 1. The van der Waals surface area contributed by atoms with Crippen LogP contribution in [0, 0.1) is 5.82 Å². The number of hydrogen-bond donors (Lipinski definition) is 2. The first-order chi connectivity index (χ1) is 12.1. The van der Waals surface area contributed by atoms with Crippen molar-refractivity contribution in [3.63, 3.8) is 0 Å². The highest BCUT2D eigenvalue weighted by Crippen LogP contribution is 2.28. The quantitative estimate of drug-likeness (QED) is 0.878. The van der Waals surface area contributed by atoms with Crippen molar-refractivity contribution in [2.24, 2.45) is 0 Å². The summed E-state index contributed by atoms with van der Waals surface area (Å²) in [5, 5.41) is 5.62. The Morgan fingerprint density at radius 2 is 2.08 bits per heavy atom. The van der Waals surface area contributed by atoms with Gasteiger partial charge in [-0.15, -0.1) is 0 Å². The molecule has 1 heterocycles. The van der Waals surface area contributed by atoms with E-state index in [4.69, 9.17) is 4.74 Å². The van der Waals surface area contributed by atoms with E-state index in [0.717, 1.165) is 11.1 Å². The fourth-order valence-corrected chi connectivity index (χ4v) is 2.62. The molecule has 0 atom stereocenters. The van der Waals surface area contributed by atoms with Crippen molar-refractivity contribution in [2.45, 2.75) is 25.8 Å². The first-order valence-corrected chi connectivity index (χ1v) is 8.17. The minimum absolute atomic E-state index is 0.0879. The lowest BCUT2D eigenvalue weighted by Gasteiger charge is -2.10. The monoisotopic (exact) mass is 342 g/mol. The van der Waals surface area contributed by atoms with Crippen molar-refractivity contribution < 1.29 is 18.7 Å². The molecule has 1 aliphatic heterocycles. The molecule has 0 bridgehead atoms. The van der Waals surface area contributed by atoms with Gasteiger partial charge in [0, 0.05) is 13.0 Å². The molecule has 2 amide bonds. The number of carbonyl (C=O) groups excluding carboxylic acids is 2. The average molecular weight is 342 g/mol. The van der Waals surface area contributed by atoms with Crippen LogP contribution >= 0.6 is 0 Å². The highest BCUT2D eigenvalue weighted by molar-refractivity contribution is 5.93. The number of benzene rings is 2. The van der Waals surface area contributed by atoms with Crippen LogP contribution in [-0.2, 0) is 22.6 Å². The minimum atomic E-state index is -0.299. The molecule has 3 rings (SSSR count). The molecule has 1 aliphatic rings. The molecular weight excluding hydrogens is 323 g/mol. The lowest BCUT2D eigenvalue weighted by molar-refractivity contribution is -0.121. The third kappa shape index (κ3) is 4.79. The van der Waals surface area contributed by atoms with Gasteiger partial charge in [0.1, 0.15) is 11.6 Å². The van der Waals surface area contributed by atoms with Crippen molar-refractivity contribution in [2.75, 3.05) is 11.9 Å². The van der Waals surface area contributed by atoms with Gasteiger partial charge in [-0.05, 0) is 41.8 Å². The van der Waals surface area contributed by atoms with Crippen LogP contribution in [0.1, 0.15) is 24.0 Å². The van der Waals surface area contributed by atoms with Gasteiger partial charge in [0.15, 0.2) is 0 Å². The van der Waals surface area contributed by atoms with E-state index in [0.29, 0.717) is 37.4 Å². The second-order valence-electron chi connectivity index (χ2n) is 5.88. The predicted molar refractivity (Wildman–Crippen MR) is 91.8 cm³/mol. The zero-order valence-corrected chi connectivity index (χ0v) is 13.7. The normalized spacial score (nSPS) is 13.2. The number of fused-ring (bicyclic) bond motifs is 1. The Bertz CT molecular complexity index is 792. The fourth-order valence-electron chi connectivity index (χ4n) is 2.62. The number of hydrogen-bond acceptors (Lipinski definition) is 3. The predicted octanol–water partition coefficient (Wildman–Crippen LogP) is 2.80. The van der Waals surface area contributed by atoms with Crippen LogP contribution in [0.25, 0.3) is 0 Å². The summed E-state index contributed by atoms with van der Waals surface area (Å²) in [7, 11) is 0. The maximum Gasteiger partial charge on any atom is 0.227 e. The average Bonchev–Trinajstić information content (AvgIpc) is 2.78. The van der Waals surface area contributed by atoms with Crippen molar-refractivity contribution in [1.29, 1.82) is 0 Å². The molecule has 0 saturated heterocycles. The third-order valence-electron chi connectivity index (χ3n) is 3.92. The summed E-state index contributed by atoms with van der Waals surface area (Å²) in [6.07, 6.45) is 1.09. The Kier molecular flexibility index (Phi) is 5.28. The summed E-state index contributed by atoms with van der Waals surface area (Å²) in [4.78, 5) is 23.6. The van der Waals surface area contributed by atoms with Gasteiger partial charge < -0.3 is 15.4 Å². The minimum Gasteiger partial charge on any atom is -0.491 e. The van der Waals surface area contributed by atoms with E-state index in [1.807, 2.05) is 6.07 Å². The van der Waals surface area contributed by atoms with Gasteiger partial charge >= 0.3 is 0 Å². The van der Waals surface area contributed by atoms with E-state index >= 15 is 0 Å². The standard InChI is InChI=1S/C19H19FN2O3/c20-15-3-1-2-13(10-15)5-7-18(23)21-12-14-4-6-17-16(11-14)22-19(24)8-9-25-17/h1-4,6,10-11H,5,7-9,12H2,(H,21,23)(H,22,24). The highest BCUT2D eigenvalue weighted by Gasteiger charge is 2.14. The second kappa shape index (κ2) is 7.79. The molecule has 0 saturated carbocycles. The molecule has 0 fully saturated rings. The Balaban J connectivity index is 1.53. The maximum absolute atomic E-state index is 13.1. The lowest BCUT2D eigenvalue weighted by Crippen LogP contribution is -2.23. The summed E-state index contributed by atoms with van der Waals surface area (Å²) < 4.78 is 18.6. The van der Waals surface area contributed by atoms with Gasteiger partial charge in [-0.25, -0.2) is 4.39 Å². The SMILES string of the molecule is O=C(CCc1cccc(F)c1)NCc1ccc2c(c1)NC(=O)CCO2. The van der Waals surface area contributed by atoms with Crippen molar-refractivity contribution in [3.8, 4) is 5.75 Å². The number of rotatable bonds is 5. The number of ether oxygens (including phenoxy) is 1. The van der Waals surface area contributed by atoms with Gasteiger partial charge in [-0.1, -0.05) is 18.2 Å². The van der Waals surface area contributed by atoms with E-state index in [9.17, 15) is 14.0 Å². The molecule has 0 radical (unpaired) electrons. The van der Waals surface area contributed by atoms with E-state index in [1.165, 1.54) is 12.1 Å². The zero-order valence-electron chi connectivity index (χ0n) is 13.7. The largest absolute Gasteiger partial charge is 0.491 e. The molecule has 0 aromatic heterocycles. The molecule has 25 heavy (non-hydrogen) atoms. The maximum atomic E-state index is 13.1. The van der Waals surface area contributed by atoms with Crippen LogP contribution in [0.2, 0.25) is 0 Å². The van der Waals surface area contributed by atoms with Gasteiger partial charge in [0.2, 0.25) is 11.8 Å². The van der Waals surface area contributed by atoms with Crippen LogP contribution in [0.15, 0.2) is 42.5 Å². The van der Waals surface area contributed by atoms with Crippen LogP contribution in [0.5, 0.6) is 5.75 Å². The lowest BCUT2D eigenvalue weighted by atomic mass is 10.1. The van der Waals surface area contributed by atoms with Crippen molar-refractivity contribution >= 4 is 17.5 Å². The Morgan fingerprint density at radius 3 is 2.92 bits per heavy atom. The van der Waals surface area contributed by atoms with E-state index < -0.39 is 0 Å². The van der Waals surface area contributed by atoms with Crippen molar-refractivity contribution in [1.82, 2.24) is 5.32 Å². The number of carbonyl (C=O) groups is 2. The van der Waals surface area contributed by atoms with Gasteiger partial charge in [-0.3, -0.25) is 9.59 Å². The van der Waals surface area contributed by atoms with Crippen molar-refractivity contribution in [3.05, 3.63) is 59.4 Å². The molecule has 130 valence electrons. The summed E-state index contributed by atoms with van der Waals surface area (Å²) in [6.45, 7) is 0.708. The Hall–Kier alpha value is -2.89.